The van der Waals surface area contributed by atoms with Crippen LogP contribution >= 0.6 is 0 Å². The Balaban J connectivity index is 1.65. The average molecular weight is 436 g/mol. The number of anilines is 1. The number of nitrogens with zero attached hydrogens (tertiary/aromatic N) is 2. The average Bonchev–Trinajstić information content (AvgIpc) is 2.78. The zero-order valence-electron chi connectivity index (χ0n) is 18.4. The fourth-order valence-corrected chi connectivity index (χ4v) is 4.01. The third-order valence-electron chi connectivity index (χ3n) is 5.45. The van der Waals surface area contributed by atoms with Crippen molar-refractivity contribution in [2.45, 2.75) is 58.1 Å². The van der Waals surface area contributed by atoms with Crippen LogP contribution in [-0.4, -0.2) is 27.7 Å². The number of nitrogens with one attached hydrogen (secondary N) is 3. The zero-order valence-corrected chi connectivity index (χ0v) is 18.4. The topological polar surface area (TPSA) is 97.3 Å². The number of amides is 2. The number of fused-ring (bicyclic) bond motifs is 1. The minimum Gasteiger partial charge on any atom is -0.491 e. The first kappa shape index (κ1) is 21.7. The molecule has 0 unspecified atom stereocenters. The second kappa shape index (κ2) is 9.72. The normalized spacial score (nSPS) is 14.3. The molecule has 2 amide bonds. The minimum absolute atomic E-state index is 0.000513. The van der Waals surface area contributed by atoms with Gasteiger partial charge in [0.05, 0.1) is 22.7 Å². The predicted molar refractivity (Wildman–Crippen MR) is 125 cm³/mol. The molecule has 1 aromatic heterocycles. The van der Waals surface area contributed by atoms with E-state index in [2.05, 4.69) is 21.2 Å². The highest BCUT2D eigenvalue weighted by Gasteiger charge is 2.17. The van der Waals surface area contributed by atoms with Gasteiger partial charge >= 0.3 is 6.03 Å². The largest absolute Gasteiger partial charge is 0.491 e. The minimum atomic E-state index is -0.345. The summed E-state index contributed by atoms with van der Waals surface area (Å²) < 4.78 is 7.23. The molecule has 4 rings (SSSR count). The van der Waals surface area contributed by atoms with Gasteiger partial charge in [-0.25, -0.2) is 19.8 Å². The highest BCUT2D eigenvalue weighted by molar-refractivity contribution is 5.80. The Bertz CT molecular complexity index is 1150. The third-order valence-corrected chi connectivity index (χ3v) is 5.45. The molecule has 1 aliphatic carbocycles. The molecule has 0 aliphatic heterocycles. The van der Waals surface area contributed by atoms with E-state index in [1.165, 1.54) is 11.0 Å². The van der Waals surface area contributed by atoms with E-state index < -0.39 is 0 Å². The molecule has 168 valence electrons. The Labute approximate surface area is 187 Å². The molecule has 0 bridgehead atoms. The van der Waals surface area contributed by atoms with Crippen LogP contribution in [0.5, 0.6) is 5.75 Å². The molecular formula is C24H29N5O3. The number of para-hydroxylation sites is 1. The monoisotopic (exact) mass is 435 g/mol. The van der Waals surface area contributed by atoms with Crippen molar-refractivity contribution in [3.8, 4) is 11.4 Å². The van der Waals surface area contributed by atoms with Gasteiger partial charge in [0, 0.05) is 12.1 Å². The van der Waals surface area contributed by atoms with Crippen LogP contribution in [0.25, 0.3) is 16.6 Å². The smallest absolute Gasteiger partial charge is 0.333 e. The molecule has 0 atom stereocenters. The van der Waals surface area contributed by atoms with E-state index in [9.17, 15) is 9.59 Å². The zero-order chi connectivity index (χ0) is 22.5. The van der Waals surface area contributed by atoms with E-state index in [1.807, 2.05) is 32.0 Å². The highest BCUT2D eigenvalue weighted by atomic mass is 16.5. The van der Waals surface area contributed by atoms with Crippen LogP contribution in [0.3, 0.4) is 0 Å². The quantitative estimate of drug-likeness (QED) is 0.506. The molecular weight excluding hydrogens is 406 g/mol. The van der Waals surface area contributed by atoms with Crippen molar-refractivity contribution in [3.63, 3.8) is 0 Å². The number of ether oxygens (including phenoxy) is 1. The molecule has 8 heteroatoms. The second-order valence-electron chi connectivity index (χ2n) is 8.32. The number of rotatable bonds is 6. The van der Waals surface area contributed by atoms with Crippen LogP contribution in [0.4, 0.5) is 10.7 Å². The molecule has 1 saturated carbocycles. The summed E-state index contributed by atoms with van der Waals surface area (Å²) in [6.07, 6.45) is 5.42. The molecule has 3 aromatic rings. The van der Waals surface area contributed by atoms with Crippen LogP contribution in [-0.2, 0) is 0 Å². The van der Waals surface area contributed by atoms with Crippen molar-refractivity contribution in [3.05, 3.63) is 58.9 Å². The van der Waals surface area contributed by atoms with E-state index in [4.69, 9.17) is 4.74 Å². The molecule has 2 aromatic carbocycles. The van der Waals surface area contributed by atoms with Crippen molar-refractivity contribution in [2.24, 2.45) is 0 Å². The first-order valence-corrected chi connectivity index (χ1v) is 11.1. The van der Waals surface area contributed by atoms with Crippen LogP contribution < -0.4 is 26.5 Å². The lowest BCUT2D eigenvalue weighted by Gasteiger charge is -2.23. The van der Waals surface area contributed by atoms with Gasteiger partial charge in [0.1, 0.15) is 5.75 Å². The lowest BCUT2D eigenvalue weighted by atomic mass is 9.96. The van der Waals surface area contributed by atoms with E-state index in [-0.39, 0.29) is 29.7 Å². The maximum absolute atomic E-state index is 13.4. The molecule has 1 fully saturated rings. The summed E-state index contributed by atoms with van der Waals surface area (Å²) >= 11 is 0. The van der Waals surface area contributed by atoms with Crippen LogP contribution in [0.2, 0.25) is 0 Å². The van der Waals surface area contributed by atoms with Gasteiger partial charge in [-0.05, 0) is 51.0 Å². The molecule has 0 spiro atoms. The molecule has 1 heterocycles. The SMILES string of the molecule is CC(C)Oc1cccc(-n2c(NNC(=O)NC3CCCCC3)nc3ccccc3c2=O)c1. The van der Waals surface area contributed by atoms with Gasteiger partial charge in [-0.3, -0.25) is 10.2 Å². The van der Waals surface area contributed by atoms with Gasteiger partial charge in [0.2, 0.25) is 5.95 Å². The number of benzene rings is 2. The van der Waals surface area contributed by atoms with E-state index in [1.54, 1.807) is 30.3 Å². The number of carbonyl (C=O) groups excluding carboxylic acids is 1. The van der Waals surface area contributed by atoms with Gasteiger partial charge in [0.25, 0.3) is 5.56 Å². The van der Waals surface area contributed by atoms with E-state index >= 15 is 0 Å². The van der Waals surface area contributed by atoms with Gasteiger partial charge < -0.3 is 10.1 Å². The fourth-order valence-electron chi connectivity index (χ4n) is 4.01. The van der Waals surface area contributed by atoms with Gasteiger partial charge in [-0.15, -0.1) is 0 Å². The number of urea groups is 1. The summed E-state index contributed by atoms with van der Waals surface area (Å²) in [6, 6.07) is 14.2. The lowest BCUT2D eigenvalue weighted by Crippen LogP contribution is -2.45. The first-order valence-electron chi connectivity index (χ1n) is 11.1. The summed E-state index contributed by atoms with van der Waals surface area (Å²) in [5.41, 5.74) is 6.37. The highest BCUT2D eigenvalue weighted by Crippen LogP contribution is 2.21. The number of hydrogen-bond acceptors (Lipinski definition) is 5. The molecule has 3 N–H and O–H groups in total. The first-order chi connectivity index (χ1) is 15.5. The van der Waals surface area contributed by atoms with Gasteiger partial charge in [-0.2, -0.15) is 0 Å². The Morgan fingerprint density at radius 3 is 2.66 bits per heavy atom. The standard InChI is InChI=1S/C24H29N5O3/c1-16(2)32-19-12-8-11-18(15-19)29-22(30)20-13-6-7-14-21(20)26-23(29)27-28-24(31)25-17-9-4-3-5-10-17/h6-8,11-17H,3-5,9-10H2,1-2H3,(H,26,27)(H2,25,28,31). The summed E-state index contributed by atoms with van der Waals surface area (Å²) in [5.74, 6) is 0.862. The van der Waals surface area contributed by atoms with Crippen molar-refractivity contribution in [1.82, 2.24) is 20.3 Å². The van der Waals surface area contributed by atoms with Crippen molar-refractivity contribution < 1.29 is 9.53 Å². The van der Waals surface area contributed by atoms with Crippen molar-refractivity contribution in [1.29, 1.82) is 0 Å². The van der Waals surface area contributed by atoms with Crippen LogP contribution in [0.15, 0.2) is 53.3 Å². The Hall–Kier alpha value is -3.55. The summed E-state index contributed by atoms with van der Waals surface area (Å²) in [6.45, 7) is 3.89. The van der Waals surface area contributed by atoms with Gasteiger partial charge in [-0.1, -0.05) is 37.5 Å². The Morgan fingerprint density at radius 1 is 1.09 bits per heavy atom. The van der Waals surface area contributed by atoms with Crippen LogP contribution in [0, 0.1) is 0 Å². The van der Waals surface area contributed by atoms with Crippen molar-refractivity contribution >= 4 is 22.9 Å². The number of aromatic nitrogens is 2. The van der Waals surface area contributed by atoms with E-state index in [0.29, 0.717) is 22.3 Å². The lowest BCUT2D eigenvalue weighted by molar-refractivity contribution is 0.234. The maximum Gasteiger partial charge on any atom is 0.333 e. The molecule has 32 heavy (non-hydrogen) atoms. The Kier molecular flexibility index (Phi) is 6.58. The fraction of sp³-hybridized carbons (Fsp3) is 0.375. The van der Waals surface area contributed by atoms with Gasteiger partial charge in [0.15, 0.2) is 0 Å². The molecule has 1 aliphatic rings. The maximum atomic E-state index is 13.4. The second-order valence-corrected chi connectivity index (χ2v) is 8.32. The predicted octanol–water partition coefficient (Wildman–Crippen LogP) is 4.13. The van der Waals surface area contributed by atoms with E-state index in [0.717, 1.165) is 25.7 Å². The Morgan fingerprint density at radius 2 is 1.88 bits per heavy atom. The van der Waals surface area contributed by atoms with Crippen molar-refractivity contribution in [2.75, 3.05) is 5.43 Å². The summed E-state index contributed by atoms with van der Waals surface area (Å²) in [5, 5.41) is 3.47. The molecule has 0 saturated heterocycles. The summed E-state index contributed by atoms with van der Waals surface area (Å²) in [4.78, 5) is 30.4. The molecule has 0 radical (unpaired) electrons. The number of hydrazine groups is 1. The number of carbonyl (C=O) groups is 1. The van der Waals surface area contributed by atoms with Crippen LogP contribution in [0.1, 0.15) is 46.0 Å². The summed E-state index contributed by atoms with van der Waals surface area (Å²) in [7, 11) is 0. The third kappa shape index (κ3) is 5.01. The molecule has 8 nitrogen and oxygen atoms in total. The number of hydrogen-bond donors (Lipinski definition) is 3.